The number of fused-ring (bicyclic) bond motifs is 17. The molecule has 2 aromatic rings. The minimum Gasteiger partial charge on any atom is -0.0458 e. The third kappa shape index (κ3) is 3.33. The molecule has 0 N–H and O–H groups in total. The first kappa shape index (κ1) is 31.1. The van der Waals surface area contributed by atoms with Gasteiger partial charge in [-0.1, -0.05) is 0 Å². The Balaban J connectivity index is 1.17. The summed E-state index contributed by atoms with van der Waals surface area (Å²) in [5, 5.41) is 1.44. The molecule has 8 fully saturated rings. The van der Waals surface area contributed by atoms with Crippen molar-refractivity contribution >= 4 is 11.6 Å². The van der Waals surface area contributed by atoms with Crippen LogP contribution in [-0.2, 0) is 5.41 Å². The van der Waals surface area contributed by atoms with Crippen molar-refractivity contribution in [2.45, 2.75) is 207 Å². The Morgan fingerprint density at radius 3 is 1.07 bits per heavy atom. The molecule has 20 aliphatic carbocycles. The van der Waals surface area contributed by atoms with E-state index in [-0.39, 0.29) is 5.41 Å². The smallest absolute Gasteiger partial charge is 0.0458 e. The van der Waals surface area contributed by atoms with Gasteiger partial charge in [0.1, 0.15) is 5.03 Å². The molecule has 22 rings (SSSR count). The maximum atomic E-state index is 9.00. The summed E-state index contributed by atoms with van der Waals surface area (Å²) in [7, 11) is 0. The zero-order valence-electron chi connectivity index (χ0n) is 33.3. The molecule has 0 nitrogen and oxygen atoms in total. The maximum Gasteiger partial charge on any atom is 0.167 e. The summed E-state index contributed by atoms with van der Waals surface area (Å²) >= 11 is 9.00. The van der Waals surface area contributed by atoms with E-state index in [2.05, 4.69) is 0 Å². The van der Waals surface area contributed by atoms with Crippen molar-refractivity contribution in [2.24, 2.45) is 23.7 Å². The first-order chi connectivity index (χ1) is 27.2. The molecule has 0 radical (unpaired) electrons. The normalized spacial score (nSPS) is 44.8. The zero-order valence-corrected chi connectivity index (χ0v) is 34.0. The summed E-state index contributed by atoms with van der Waals surface area (Å²) in [6, 6.07) is 0. The maximum absolute atomic E-state index is 9.00. The van der Waals surface area contributed by atoms with Gasteiger partial charge in [-0.15, -0.1) is 0 Å². The third-order valence-electron chi connectivity index (χ3n) is 21.4. The van der Waals surface area contributed by atoms with Crippen LogP contribution in [0.4, 0.5) is 0 Å². The Hall–Kier alpha value is -1.92. The van der Waals surface area contributed by atoms with Crippen molar-refractivity contribution in [3.63, 3.8) is 0 Å². The fraction of sp³-hybridized carbons (Fsp3) is 0.685. The van der Waals surface area contributed by atoms with Crippen molar-refractivity contribution in [1.82, 2.24) is 0 Å². The molecule has 8 saturated carbocycles. The Morgan fingerprint density at radius 2 is 0.636 bits per heavy atom. The van der Waals surface area contributed by atoms with E-state index in [4.69, 9.17) is 11.6 Å². The molecule has 1 spiro atoms. The van der Waals surface area contributed by atoms with Gasteiger partial charge in [0.05, 0.1) is 22.6 Å². The molecular formula is C54H60Cl+. The molecule has 282 valence electrons. The van der Waals surface area contributed by atoms with E-state index in [1.54, 1.807) is 5.57 Å². The van der Waals surface area contributed by atoms with E-state index >= 15 is 0 Å². The highest BCUT2D eigenvalue weighted by Gasteiger charge is 2.71. The minimum absolute atomic E-state index is 0.178. The predicted molar refractivity (Wildman–Crippen MR) is 223 cm³/mol. The molecule has 0 heterocycles. The molecule has 0 atom stereocenters. The second-order valence-electron chi connectivity index (χ2n) is 22.8. The fourth-order valence-electron chi connectivity index (χ4n) is 19.8. The summed E-state index contributed by atoms with van der Waals surface area (Å²) in [4.78, 5) is 0. The first-order valence-corrected chi connectivity index (χ1v) is 25.1. The van der Waals surface area contributed by atoms with Crippen LogP contribution in [0.15, 0.2) is 21.8 Å². The second-order valence-corrected chi connectivity index (χ2v) is 23.2. The Labute approximate surface area is 335 Å². The average molecular weight is 745 g/mol. The lowest BCUT2D eigenvalue weighted by Crippen LogP contribution is -2.50. The summed E-state index contributed by atoms with van der Waals surface area (Å²) < 4.78 is 0. The van der Waals surface area contributed by atoms with Crippen molar-refractivity contribution in [2.75, 3.05) is 0 Å². The largest absolute Gasteiger partial charge is 0.167 e. The van der Waals surface area contributed by atoms with Gasteiger partial charge in [0.2, 0.25) is 0 Å². The van der Waals surface area contributed by atoms with Gasteiger partial charge >= 0.3 is 0 Å². The molecule has 55 heavy (non-hydrogen) atoms. The van der Waals surface area contributed by atoms with E-state index in [9.17, 15) is 0 Å². The van der Waals surface area contributed by atoms with Gasteiger partial charge in [-0.3, -0.25) is 0 Å². The summed E-state index contributed by atoms with van der Waals surface area (Å²) in [6.45, 7) is 0. The molecule has 0 aromatic heterocycles. The van der Waals surface area contributed by atoms with Gasteiger partial charge in [-0.25, -0.2) is 0 Å². The third-order valence-corrected chi connectivity index (χ3v) is 21.9. The van der Waals surface area contributed by atoms with Crippen LogP contribution >= 0.6 is 11.6 Å². The van der Waals surface area contributed by atoms with E-state index in [1.807, 2.05) is 83.8 Å². The lowest BCUT2D eigenvalue weighted by molar-refractivity contribution is 0.218. The van der Waals surface area contributed by atoms with E-state index in [0.29, 0.717) is 5.92 Å². The number of hydrogen-bond donors (Lipinski definition) is 0. The van der Waals surface area contributed by atoms with Crippen molar-refractivity contribution in [3.8, 4) is 11.1 Å². The van der Waals surface area contributed by atoms with E-state index < -0.39 is 0 Å². The monoisotopic (exact) mass is 743 g/mol. The highest BCUT2D eigenvalue weighted by molar-refractivity contribution is 6.33. The highest BCUT2D eigenvalue weighted by Crippen LogP contribution is 2.78. The Bertz CT molecular complexity index is 2100. The van der Waals surface area contributed by atoms with Crippen LogP contribution in [0.5, 0.6) is 0 Å². The van der Waals surface area contributed by atoms with Crippen LogP contribution in [0.1, 0.15) is 257 Å². The lowest BCUT2D eigenvalue weighted by atomic mass is 9.44. The van der Waals surface area contributed by atoms with Crippen molar-refractivity contribution < 1.29 is 0 Å². The summed E-state index contributed by atoms with van der Waals surface area (Å²) in [6.07, 6.45) is 34.8. The molecule has 0 saturated heterocycles. The van der Waals surface area contributed by atoms with Crippen LogP contribution < -0.4 is 0 Å². The van der Waals surface area contributed by atoms with Crippen LogP contribution in [0.25, 0.3) is 11.1 Å². The zero-order chi connectivity index (χ0) is 35.2. The topological polar surface area (TPSA) is 0 Å². The first-order valence-electron chi connectivity index (χ1n) is 24.7. The highest BCUT2D eigenvalue weighted by atomic mass is 35.5. The molecule has 12 bridgehead atoms. The van der Waals surface area contributed by atoms with Gasteiger partial charge in [0, 0.05) is 34.8 Å². The van der Waals surface area contributed by atoms with Crippen LogP contribution in [0, 0.1) is 29.6 Å². The van der Waals surface area contributed by atoms with Gasteiger partial charge in [0.25, 0.3) is 0 Å². The molecule has 20 aliphatic rings. The number of rotatable bonds is 0. The Kier molecular flexibility index (Phi) is 5.79. The molecule has 0 amide bonds. The minimum atomic E-state index is -0.178. The van der Waals surface area contributed by atoms with Crippen LogP contribution in [-0.4, -0.2) is 0 Å². The van der Waals surface area contributed by atoms with Gasteiger partial charge in [0.15, 0.2) is 5.41 Å². The predicted octanol–water partition coefficient (Wildman–Crippen LogP) is 15.0. The second kappa shape index (κ2) is 10.3. The molecular weight excluding hydrogens is 684 g/mol. The number of halogens is 1. The standard InChI is InChI=1S/C54H60Cl/c55-53-47-35-19-13-31(14-20-35)43(47)44-32-21-23-36(24-22-32)50(44)54(53)51-45-33-15-9-27(10-16-33)39(45)37-25-1-5-29(6-2-25)41(37)48(51)49-42-30-7-3-26(4-8-30)38(42)40-28-11-17-34(18-12-28)46(40)52(49)54/h25-36H,1-24H2/q+1. The van der Waals surface area contributed by atoms with Crippen LogP contribution in [0.3, 0.4) is 0 Å². The average Bonchev–Trinajstić information content (AvgIpc) is 3.60. The number of benzene rings is 2. The summed E-state index contributed by atoms with van der Waals surface area (Å²) in [5.74, 6) is 11.3. The quantitative estimate of drug-likeness (QED) is 0.236. The van der Waals surface area contributed by atoms with Crippen molar-refractivity contribution in [3.05, 3.63) is 83.3 Å². The molecule has 2 aromatic carbocycles. The number of allylic oxidation sites excluding steroid dienone is 4. The molecule has 0 aliphatic heterocycles. The van der Waals surface area contributed by atoms with Gasteiger partial charge in [-0.2, -0.15) is 0 Å². The van der Waals surface area contributed by atoms with Gasteiger partial charge < -0.3 is 0 Å². The fourth-order valence-corrected chi connectivity index (χ4v) is 20.3. The SMILES string of the molecule is ClC1=C2[C+](C3=C(C4CCC3CC4)C13c1c(c4c(c5c1C1CCC5CC1)C1CCC4CC1)-c1c4c(c5c(c13)C1CCC5CC1)C1CCC4CC1)C1CCC2CC1. The van der Waals surface area contributed by atoms with E-state index in [1.165, 1.54) is 159 Å². The summed E-state index contributed by atoms with van der Waals surface area (Å²) in [5.41, 5.74) is 29.2. The lowest BCUT2D eigenvalue weighted by Gasteiger charge is -2.55. The molecule has 1 heteroatoms. The van der Waals surface area contributed by atoms with Crippen LogP contribution in [0.2, 0.25) is 0 Å². The van der Waals surface area contributed by atoms with Gasteiger partial charge in [-0.05, 0) is 269 Å². The number of hydrogen-bond acceptors (Lipinski definition) is 0. The van der Waals surface area contributed by atoms with E-state index in [0.717, 1.165) is 65.1 Å². The molecule has 0 unspecified atom stereocenters. The Morgan fingerprint density at radius 1 is 0.327 bits per heavy atom. The van der Waals surface area contributed by atoms with Crippen molar-refractivity contribution in [1.29, 1.82) is 0 Å².